The second-order valence-electron chi connectivity index (χ2n) is 7.19. The number of aryl methyl sites for hydroxylation is 2. The van der Waals surface area contributed by atoms with Gasteiger partial charge in [0.2, 0.25) is 0 Å². The largest absolute Gasteiger partial charge is 0.496 e. The molecule has 0 saturated heterocycles. The molecule has 4 heteroatoms. The van der Waals surface area contributed by atoms with Crippen molar-refractivity contribution in [2.75, 3.05) is 7.11 Å². The molecule has 0 aliphatic carbocycles. The minimum absolute atomic E-state index is 0.161. The topological polar surface area (TPSA) is 50.7 Å². The lowest BCUT2D eigenvalue weighted by Gasteiger charge is -2.10. The predicted molar refractivity (Wildman–Crippen MR) is 110 cm³/mol. The van der Waals surface area contributed by atoms with Crippen molar-refractivity contribution in [2.45, 2.75) is 39.5 Å². The van der Waals surface area contributed by atoms with E-state index in [4.69, 9.17) is 4.74 Å². The van der Waals surface area contributed by atoms with Gasteiger partial charge in [0.1, 0.15) is 17.3 Å². The molecule has 27 heavy (non-hydrogen) atoms. The Morgan fingerprint density at radius 1 is 1.15 bits per heavy atom. The number of hydrogen-bond acceptors (Lipinski definition) is 3. The Morgan fingerprint density at radius 3 is 2.67 bits per heavy atom. The number of rotatable bonds is 6. The van der Waals surface area contributed by atoms with Crippen molar-refractivity contribution in [1.29, 1.82) is 0 Å². The van der Waals surface area contributed by atoms with Gasteiger partial charge in [0.05, 0.1) is 7.11 Å². The van der Waals surface area contributed by atoms with E-state index in [1.54, 1.807) is 13.2 Å². The van der Waals surface area contributed by atoms with Crippen molar-refractivity contribution in [2.24, 2.45) is 4.99 Å². The fourth-order valence-corrected chi connectivity index (χ4v) is 3.14. The summed E-state index contributed by atoms with van der Waals surface area (Å²) in [4.78, 5) is 16.9. The number of carbonyl (C=O) groups is 1. The lowest BCUT2D eigenvalue weighted by atomic mass is 10.00. The third-order valence-corrected chi connectivity index (χ3v) is 4.69. The molecule has 1 heterocycles. The number of nitrogens with zero attached hydrogens (tertiary/aromatic N) is 1. The summed E-state index contributed by atoms with van der Waals surface area (Å²) in [5, 5.41) is 2.89. The number of ether oxygens (including phenoxy) is 1. The second kappa shape index (κ2) is 8.21. The minimum Gasteiger partial charge on any atom is -0.496 e. The van der Waals surface area contributed by atoms with Crippen LogP contribution < -0.4 is 10.1 Å². The monoisotopic (exact) mass is 362 g/mol. The molecule has 0 spiro atoms. The van der Waals surface area contributed by atoms with Crippen LogP contribution in [0.15, 0.2) is 53.2 Å². The van der Waals surface area contributed by atoms with E-state index in [1.165, 1.54) is 16.7 Å². The van der Waals surface area contributed by atoms with Gasteiger partial charge in [0.15, 0.2) is 0 Å². The normalized spacial score (nSPS) is 15.2. The summed E-state index contributed by atoms with van der Waals surface area (Å²) in [6, 6.07) is 14.5. The fourth-order valence-electron chi connectivity index (χ4n) is 3.14. The summed E-state index contributed by atoms with van der Waals surface area (Å²) < 4.78 is 5.44. The van der Waals surface area contributed by atoms with Crippen LogP contribution in [0.4, 0.5) is 0 Å². The zero-order valence-corrected chi connectivity index (χ0v) is 16.4. The average Bonchev–Trinajstić information content (AvgIpc) is 2.99. The van der Waals surface area contributed by atoms with Gasteiger partial charge < -0.3 is 10.1 Å². The van der Waals surface area contributed by atoms with Crippen LogP contribution in [0.3, 0.4) is 0 Å². The highest BCUT2D eigenvalue weighted by Crippen LogP contribution is 2.27. The maximum atomic E-state index is 12.3. The van der Waals surface area contributed by atoms with Crippen molar-refractivity contribution < 1.29 is 9.53 Å². The molecule has 0 aromatic heterocycles. The Bertz CT molecular complexity index is 910. The van der Waals surface area contributed by atoms with Crippen molar-refractivity contribution >= 4 is 17.8 Å². The van der Waals surface area contributed by atoms with E-state index in [0.29, 0.717) is 23.9 Å². The number of amidine groups is 1. The zero-order chi connectivity index (χ0) is 19.4. The Labute approximate surface area is 161 Å². The Morgan fingerprint density at radius 2 is 1.96 bits per heavy atom. The first kappa shape index (κ1) is 18.9. The fraction of sp³-hybridized carbons (Fsp3) is 0.304. The molecule has 3 rings (SSSR count). The van der Waals surface area contributed by atoms with Gasteiger partial charge in [-0.3, -0.25) is 4.79 Å². The third-order valence-electron chi connectivity index (χ3n) is 4.69. The van der Waals surface area contributed by atoms with Crippen LogP contribution in [0.1, 0.15) is 48.4 Å². The number of hydrogen-bond donors (Lipinski definition) is 1. The molecule has 0 fully saturated rings. The summed E-state index contributed by atoms with van der Waals surface area (Å²) in [5.41, 5.74) is 4.98. The van der Waals surface area contributed by atoms with Crippen LogP contribution in [0, 0.1) is 6.92 Å². The third kappa shape index (κ3) is 4.64. The summed E-state index contributed by atoms with van der Waals surface area (Å²) in [6.07, 6.45) is 3.36. The number of nitrogens with one attached hydrogen (secondary N) is 1. The van der Waals surface area contributed by atoms with Gasteiger partial charge in [-0.15, -0.1) is 0 Å². The Hall–Kier alpha value is -2.88. The van der Waals surface area contributed by atoms with E-state index in [2.05, 4.69) is 67.5 Å². The number of benzene rings is 2. The van der Waals surface area contributed by atoms with Gasteiger partial charge >= 0.3 is 0 Å². The first-order chi connectivity index (χ1) is 13.0. The average molecular weight is 362 g/mol. The van der Waals surface area contributed by atoms with Gasteiger partial charge in [-0.05, 0) is 48.6 Å². The quantitative estimate of drug-likeness (QED) is 0.762. The zero-order valence-electron chi connectivity index (χ0n) is 16.4. The first-order valence-electron chi connectivity index (χ1n) is 9.30. The molecular formula is C23H26N2O2. The van der Waals surface area contributed by atoms with E-state index in [0.717, 1.165) is 17.7 Å². The first-order valence-corrected chi connectivity index (χ1v) is 9.30. The maximum absolute atomic E-state index is 12.3. The van der Waals surface area contributed by atoms with Gasteiger partial charge in [0.25, 0.3) is 5.91 Å². The molecule has 2 aromatic carbocycles. The standard InChI is InChI=1S/C23H26N2O2/c1-15(2)18-9-10-21(27-4)19(13-18)14-20-23(26)25-22(24-20)11-8-17-7-5-6-16(3)12-17/h5-7,9-10,12-15H,8,11H2,1-4H3,(H,24,25,26)/b20-14-. The Balaban J connectivity index is 1.80. The molecule has 4 nitrogen and oxygen atoms in total. The van der Waals surface area contributed by atoms with Crippen molar-refractivity contribution in [1.82, 2.24) is 5.32 Å². The molecule has 0 atom stereocenters. The Kier molecular flexibility index (Phi) is 5.75. The minimum atomic E-state index is -0.161. The summed E-state index contributed by atoms with van der Waals surface area (Å²) in [6.45, 7) is 6.36. The van der Waals surface area contributed by atoms with Crippen LogP contribution in [0.5, 0.6) is 5.75 Å². The van der Waals surface area contributed by atoms with Crippen molar-refractivity contribution in [3.05, 3.63) is 70.4 Å². The van der Waals surface area contributed by atoms with Crippen molar-refractivity contribution in [3.63, 3.8) is 0 Å². The number of methoxy groups -OCH3 is 1. The predicted octanol–water partition coefficient (Wildman–Crippen LogP) is 4.63. The molecule has 2 aromatic rings. The van der Waals surface area contributed by atoms with Crippen LogP contribution >= 0.6 is 0 Å². The highest BCUT2D eigenvalue weighted by Gasteiger charge is 2.20. The number of amides is 1. The van der Waals surface area contributed by atoms with Crippen LogP contribution in [0.25, 0.3) is 6.08 Å². The maximum Gasteiger partial charge on any atom is 0.275 e. The molecule has 1 aliphatic rings. The molecule has 140 valence electrons. The lowest BCUT2D eigenvalue weighted by Crippen LogP contribution is -2.24. The molecule has 0 saturated carbocycles. The van der Waals surface area contributed by atoms with E-state index < -0.39 is 0 Å². The second-order valence-corrected chi connectivity index (χ2v) is 7.19. The van der Waals surface area contributed by atoms with E-state index in [-0.39, 0.29) is 5.91 Å². The van der Waals surface area contributed by atoms with Gasteiger partial charge in [-0.1, -0.05) is 49.7 Å². The lowest BCUT2D eigenvalue weighted by molar-refractivity contribution is -0.115. The highest BCUT2D eigenvalue weighted by atomic mass is 16.5. The smallest absolute Gasteiger partial charge is 0.275 e. The number of aliphatic imine (C=N–C) groups is 1. The molecule has 0 unspecified atom stereocenters. The van der Waals surface area contributed by atoms with Crippen LogP contribution in [-0.4, -0.2) is 18.9 Å². The van der Waals surface area contributed by atoms with E-state index in [1.807, 2.05) is 6.07 Å². The highest BCUT2D eigenvalue weighted by molar-refractivity contribution is 6.14. The molecule has 0 bridgehead atoms. The van der Waals surface area contributed by atoms with Gasteiger partial charge in [0, 0.05) is 12.0 Å². The molecule has 1 N–H and O–H groups in total. The van der Waals surface area contributed by atoms with Gasteiger partial charge in [-0.2, -0.15) is 0 Å². The molecular weight excluding hydrogens is 336 g/mol. The van der Waals surface area contributed by atoms with Crippen molar-refractivity contribution in [3.8, 4) is 5.75 Å². The summed E-state index contributed by atoms with van der Waals surface area (Å²) >= 11 is 0. The van der Waals surface area contributed by atoms with Gasteiger partial charge in [-0.25, -0.2) is 4.99 Å². The molecule has 1 aliphatic heterocycles. The summed E-state index contributed by atoms with van der Waals surface area (Å²) in [5.74, 6) is 1.69. The summed E-state index contributed by atoms with van der Waals surface area (Å²) in [7, 11) is 1.64. The molecule has 1 amide bonds. The SMILES string of the molecule is COc1ccc(C(C)C)cc1/C=C1\N=C(CCc2cccc(C)c2)NC1=O. The van der Waals surface area contributed by atoms with Crippen LogP contribution in [-0.2, 0) is 11.2 Å². The van der Waals surface area contributed by atoms with E-state index >= 15 is 0 Å². The van der Waals surface area contributed by atoms with Crippen LogP contribution in [0.2, 0.25) is 0 Å². The van der Waals surface area contributed by atoms with E-state index in [9.17, 15) is 4.79 Å². The molecule has 0 radical (unpaired) electrons. The number of carbonyl (C=O) groups excluding carboxylic acids is 1.